The Balaban J connectivity index is 3.56. The van der Waals surface area contributed by atoms with Crippen LogP contribution in [0.25, 0.3) is 0 Å². The van der Waals surface area contributed by atoms with Gasteiger partial charge in [-0.2, -0.15) is 0 Å². The van der Waals surface area contributed by atoms with Gasteiger partial charge >= 0.3 is 0 Å². The van der Waals surface area contributed by atoms with Gasteiger partial charge in [-0.1, -0.05) is 6.58 Å². The molecule has 7 heavy (non-hydrogen) atoms. The van der Waals surface area contributed by atoms with E-state index in [0.717, 1.165) is 6.08 Å². The summed E-state index contributed by atoms with van der Waals surface area (Å²) in [7, 11) is 0. The van der Waals surface area contributed by atoms with Crippen LogP contribution in [0.2, 0.25) is 0 Å². The number of hydroxylamine groups is 1. The third-order valence-electron chi connectivity index (χ3n) is 0.400. The number of hydrogen-bond acceptors (Lipinski definition) is 3. The number of carbonyl (C=O) groups excluding carboxylic acids is 1. The fourth-order valence-electron chi connectivity index (χ4n) is 0.0935. The summed E-state index contributed by atoms with van der Waals surface area (Å²) in [4.78, 5) is 9.94. The maximum atomic E-state index is 9.94. The van der Waals surface area contributed by atoms with Crippen LogP contribution in [0.3, 0.4) is 0 Å². The van der Waals surface area contributed by atoms with Crippen LogP contribution in [0, 0.1) is 0 Å². The number of hydrogen-bond donors (Lipinski definition) is 2. The van der Waals surface area contributed by atoms with Crippen LogP contribution >= 0.6 is 0 Å². The second-order valence-electron chi connectivity index (χ2n) is 0.887. The molecule has 0 atom stereocenters. The zero-order chi connectivity index (χ0) is 5.86. The average molecular weight is 102 g/mol. The van der Waals surface area contributed by atoms with Gasteiger partial charge in [-0.05, 0) is 6.08 Å². The highest BCUT2D eigenvalue weighted by molar-refractivity contribution is 5.85. The molecule has 0 spiro atoms. The third kappa shape index (κ3) is 1.91. The van der Waals surface area contributed by atoms with E-state index in [9.17, 15) is 4.79 Å². The van der Waals surface area contributed by atoms with Crippen LogP contribution in [0.1, 0.15) is 0 Å². The van der Waals surface area contributed by atoms with E-state index in [4.69, 9.17) is 5.21 Å². The van der Waals surface area contributed by atoms with Crippen molar-refractivity contribution >= 4 is 5.91 Å². The lowest BCUT2D eigenvalue weighted by molar-refractivity contribution is -0.160. The van der Waals surface area contributed by atoms with Crippen molar-refractivity contribution in [2.75, 3.05) is 0 Å². The first kappa shape index (κ1) is 6.13. The predicted octanol–water partition coefficient (Wildman–Crippen LogP) is -0.736. The minimum absolute atomic E-state index is 0.0347. The quantitative estimate of drug-likeness (QED) is 0.151. The highest BCUT2D eigenvalue weighted by Crippen LogP contribution is 1.70. The Morgan fingerprint density at radius 3 is 2.43 bits per heavy atom. The standard InChI is InChI=1S/C3H6N2O2/c1-2-3(6)5(4)7/h2,7H,1,4H2. The normalized spacial score (nSPS) is 7.71. The number of carbonyl (C=O) groups is 1. The zero-order valence-electron chi connectivity index (χ0n) is 3.66. The molecule has 0 aromatic heterocycles. The van der Waals surface area contributed by atoms with Crippen molar-refractivity contribution in [3.63, 3.8) is 0 Å². The number of amides is 1. The second kappa shape index (κ2) is 2.33. The highest BCUT2D eigenvalue weighted by Gasteiger charge is 1.95. The van der Waals surface area contributed by atoms with Gasteiger partial charge < -0.3 is 0 Å². The third-order valence-corrected chi connectivity index (χ3v) is 0.400. The largest absolute Gasteiger partial charge is 0.284 e. The molecule has 0 heterocycles. The van der Waals surface area contributed by atoms with E-state index in [1.54, 1.807) is 0 Å². The smallest absolute Gasteiger partial charge is 0.270 e. The molecule has 3 N–H and O–H groups in total. The van der Waals surface area contributed by atoms with Crippen molar-refractivity contribution in [3.8, 4) is 0 Å². The van der Waals surface area contributed by atoms with Crippen molar-refractivity contribution in [3.05, 3.63) is 12.7 Å². The van der Waals surface area contributed by atoms with E-state index >= 15 is 0 Å². The van der Waals surface area contributed by atoms with E-state index in [0.29, 0.717) is 0 Å². The Hall–Kier alpha value is -0.870. The van der Waals surface area contributed by atoms with Gasteiger partial charge in [0.1, 0.15) is 0 Å². The Labute approximate surface area is 40.8 Å². The minimum atomic E-state index is -0.722. The lowest BCUT2D eigenvalue weighted by atomic mass is 10.6. The molecule has 4 heteroatoms. The molecule has 0 aliphatic carbocycles. The highest BCUT2D eigenvalue weighted by atomic mass is 16.5. The summed E-state index contributed by atoms with van der Waals surface area (Å²) in [5.74, 6) is 3.79. The van der Waals surface area contributed by atoms with E-state index in [1.807, 2.05) is 0 Å². The monoisotopic (exact) mass is 102 g/mol. The second-order valence-corrected chi connectivity index (χ2v) is 0.887. The molecule has 1 amide bonds. The van der Waals surface area contributed by atoms with Gasteiger partial charge in [-0.3, -0.25) is 10.0 Å². The van der Waals surface area contributed by atoms with Crippen molar-refractivity contribution in [2.24, 2.45) is 5.84 Å². The van der Waals surface area contributed by atoms with E-state index in [-0.39, 0.29) is 5.17 Å². The molecule has 0 aliphatic heterocycles. The summed E-state index contributed by atoms with van der Waals surface area (Å²) >= 11 is 0. The first-order chi connectivity index (χ1) is 3.18. The predicted molar refractivity (Wildman–Crippen MR) is 23.0 cm³/mol. The maximum Gasteiger partial charge on any atom is 0.284 e. The van der Waals surface area contributed by atoms with Gasteiger partial charge in [0.05, 0.1) is 0 Å². The summed E-state index contributed by atoms with van der Waals surface area (Å²) in [6, 6.07) is 0. The molecule has 0 fully saturated rings. The first-order valence-corrected chi connectivity index (χ1v) is 1.58. The Morgan fingerprint density at radius 1 is 2.00 bits per heavy atom. The molecule has 0 rings (SSSR count). The van der Waals surface area contributed by atoms with Gasteiger partial charge in [0.15, 0.2) is 0 Å². The molecule has 0 saturated heterocycles. The van der Waals surface area contributed by atoms with Gasteiger partial charge in [-0.15, -0.1) is 5.17 Å². The van der Waals surface area contributed by atoms with Crippen LogP contribution in [-0.4, -0.2) is 16.3 Å². The zero-order valence-corrected chi connectivity index (χ0v) is 3.66. The van der Waals surface area contributed by atoms with Crippen LogP contribution in [0.15, 0.2) is 12.7 Å². The lowest BCUT2D eigenvalue weighted by Gasteiger charge is -2.00. The summed E-state index contributed by atoms with van der Waals surface area (Å²) < 4.78 is 0. The molecular formula is C3H6N2O2. The summed E-state index contributed by atoms with van der Waals surface area (Å²) in [6.45, 7) is 3.05. The van der Waals surface area contributed by atoms with Crippen molar-refractivity contribution in [2.45, 2.75) is 0 Å². The van der Waals surface area contributed by atoms with Crippen LogP contribution in [-0.2, 0) is 4.79 Å². The fraction of sp³-hybridized carbons (Fsp3) is 0. The van der Waals surface area contributed by atoms with Crippen LogP contribution in [0.4, 0.5) is 0 Å². The maximum absolute atomic E-state index is 9.94. The molecule has 0 aromatic carbocycles. The molecule has 0 saturated carbocycles. The summed E-state index contributed by atoms with van der Waals surface area (Å²) in [5, 5.41) is 7.98. The van der Waals surface area contributed by atoms with Gasteiger partial charge in [-0.25, -0.2) is 5.84 Å². The molecule has 0 aliphatic rings. The van der Waals surface area contributed by atoms with Gasteiger partial charge in [0.25, 0.3) is 5.91 Å². The Bertz CT molecular complexity index is 88.9. The summed E-state index contributed by atoms with van der Waals surface area (Å²) in [6.07, 6.45) is 0.903. The van der Waals surface area contributed by atoms with E-state index in [2.05, 4.69) is 12.4 Å². The topological polar surface area (TPSA) is 66.6 Å². The molecule has 0 radical (unpaired) electrons. The molecular weight excluding hydrogens is 96.0 g/mol. The van der Waals surface area contributed by atoms with Gasteiger partial charge in [0.2, 0.25) is 0 Å². The number of hydrazine groups is 1. The average Bonchev–Trinajstić information content (AvgIpc) is 1.65. The molecule has 4 nitrogen and oxygen atoms in total. The molecule has 0 unspecified atom stereocenters. The molecule has 0 aromatic rings. The number of rotatable bonds is 1. The van der Waals surface area contributed by atoms with Crippen molar-refractivity contribution in [1.82, 2.24) is 5.17 Å². The van der Waals surface area contributed by atoms with Crippen LogP contribution < -0.4 is 5.84 Å². The van der Waals surface area contributed by atoms with Crippen LogP contribution in [0.5, 0.6) is 0 Å². The summed E-state index contributed by atoms with van der Waals surface area (Å²) in [5.41, 5.74) is 0. The Kier molecular flexibility index (Phi) is 2.04. The van der Waals surface area contributed by atoms with Crippen molar-refractivity contribution < 1.29 is 10.0 Å². The Morgan fingerprint density at radius 2 is 2.43 bits per heavy atom. The molecule has 40 valence electrons. The SMILES string of the molecule is C=CC(=O)N(N)O. The first-order valence-electron chi connectivity index (χ1n) is 1.58. The number of nitrogens with two attached hydrogens (primary N) is 1. The van der Waals surface area contributed by atoms with Gasteiger partial charge in [0, 0.05) is 0 Å². The lowest BCUT2D eigenvalue weighted by Crippen LogP contribution is -2.31. The fourth-order valence-corrected chi connectivity index (χ4v) is 0.0935. The number of nitrogens with zero attached hydrogens (tertiary/aromatic N) is 1. The van der Waals surface area contributed by atoms with E-state index < -0.39 is 5.91 Å². The minimum Gasteiger partial charge on any atom is -0.270 e. The molecule has 0 bridgehead atoms. The van der Waals surface area contributed by atoms with E-state index in [1.165, 1.54) is 0 Å². The van der Waals surface area contributed by atoms with Crippen molar-refractivity contribution in [1.29, 1.82) is 0 Å².